The van der Waals surface area contributed by atoms with Crippen molar-refractivity contribution >= 4 is 34.4 Å². The predicted molar refractivity (Wildman–Crippen MR) is 141 cm³/mol. The van der Waals surface area contributed by atoms with Crippen LogP contribution in [0.3, 0.4) is 0 Å². The van der Waals surface area contributed by atoms with Gasteiger partial charge in [-0.05, 0) is 59.7 Å². The molecule has 2 aliphatic carbocycles. The topological polar surface area (TPSA) is 54.5 Å². The third kappa shape index (κ3) is 2.57. The lowest BCUT2D eigenvalue weighted by molar-refractivity contribution is -0.134. The second-order valence-corrected chi connectivity index (χ2v) is 10.3. The normalized spacial score (nSPS) is 28.9. The lowest BCUT2D eigenvalue weighted by Gasteiger charge is -2.38. The molecule has 2 fully saturated rings. The van der Waals surface area contributed by atoms with Crippen molar-refractivity contribution in [3.63, 3.8) is 0 Å². The zero-order chi connectivity index (χ0) is 25.2. The third-order valence-corrected chi connectivity index (χ3v) is 8.82. The van der Waals surface area contributed by atoms with E-state index in [1.165, 1.54) is 4.90 Å². The Hall–Kier alpha value is -3.79. The number of carbonyl (C=O) groups excluding carboxylic acids is 3. The molecule has 1 aliphatic heterocycles. The molecule has 1 heterocycles. The summed E-state index contributed by atoms with van der Waals surface area (Å²) in [5, 5.41) is 0. The van der Waals surface area contributed by atoms with Crippen molar-refractivity contribution in [2.75, 3.05) is 4.90 Å². The van der Waals surface area contributed by atoms with Crippen molar-refractivity contribution in [2.45, 2.75) is 33.6 Å². The molecule has 0 unspecified atom stereocenters. The summed E-state index contributed by atoms with van der Waals surface area (Å²) in [5.74, 6) is -1.86. The molecule has 0 spiro atoms. The Bertz CT molecular complexity index is 1350. The number of carbonyl (C=O) groups is 3. The summed E-state index contributed by atoms with van der Waals surface area (Å²) in [7, 11) is 0. The van der Waals surface area contributed by atoms with Crippen LogP contribution in [0.5, 0.6) is 0 Å². The highest BCUT2D eigenvalue weighted by Crippen LogP contribution is 2.75. The maximum Gasteiger partial charge on any atom is 0.239 e. The first-order valence-corrected chi connectivity index (χ1v) is 12.8. The molecule has 2 amide bonds. The van der Waals surface area contributed by atoms with E-state index in [-0.39, 0.29) is 17.6 Å². The Morgan fingerprint density at radius 3 is 1.56 bits per heavy atom. The van der Waals surface area contributed by atoms with Crippen LogP contribution in [0.25, 0.3) is 11.1 Å². The van der Waals surface area contributed by atoms with Gasteiger partial charge < -0.3 is 0 Å². The maximum absolute atomic E-state index is 14.7. The number of hydrogen-bond donors (Lipinski definition) is 0. The van der Waals surface area contributed by atoms with Gasteiger partial charge in [0.05, 0.1) is 28.4 Å². The molecule has 4 nitrogen and oxygen atoms in total. The van der Waals surface area contributed by atoms with E-state index in [0.717, 1.165) is 27.8 Å². The van der Waals surface area contributed by atoms with Gasteiger partial charge in [0.2, 0.25) is 11.8 Å². The Kier molecular flexibility index (Phi) is 4.95. The summed E-state index contributed by atoms with van der Waals surface area (Å²) in [4.78, 5) is 44.5. The van der Waals surface area contributed by atoms with E-state index in [0.29, 0.717) is 18.5 Å². The Labute approximate surface area is 211 Å². The molecule has 36 heavy (non-hydrogen) atoms. The molecule has 0 N–H and O–H groups in total. The largest absolute Gasteiger partial charge is 0.298 e. The lowest BCUT2D eigenvalue weighted by Crippen LogP contribution is -2.41. The SMILES string of the molecule is CC[C@]12C(=O)[C@@](CC)(C(c3ccccc3)=C1c1ccccc1)[C@@H]1C(=O)N(c3cccc(C)c3)C(=O)[C@H]12. The van der Waals surface area contributed by atoms with Gasteiger partial charge in [-0.15, -0.1) is 0 Å². The number of amides is 2. The standard InChI is InChI=1S/C32H29NO3/c1-4-31-24(21-14-8-6-9-15-21)25(22-16-10-7-11-17-22)32(5-2,30(31)36)27-26(31)28(34)33(29(27)35)23-18-12-13-20(3)19-23/h6-19,26-27H,4-5H2,1-3H3/t26-,27-,31-,32-/m0/s1. The molecule has 0 radical (unpaired) electrons. The smallest absolute Gasteiger partial charge is 0.239 e. The number of hydrogen-bond acceptors (Lipinski definition) is 3. The van der Waals surface area contributed by atoms with Gasteiger partial charge in [-0.3, -0.25) is 14.4 Å². The first kappa shape index (κ1) is 22.7. The molecule has 0 aromatic heterocycles. The zero-order valence-corrected chi connectivity index (χ0v) is 20.8. The Balaban J connectivity index is 1.68. The number of fused-ring (bicyclic) bond motifs is 5. The van der Waals surface area contributed by atoms with Crippen LogP contribution >= 0.6 is 0 Å². The summed E-state index contributed by atoms with van der Waals surface area (Å²) in [5.41, 5.74) is 3.24. The maximum atomic E-state index is 14.7. The number of aryl methyl sites for hydroxylation is 1. The van der Waals surface area contributed by atoms with Gasteiger partial charge in [0, 0.05) is 0 Å². The van der Waals surface area contributed by atoms with Crippen molar-refractivity contribution in [3.8, 4) is 0 Å². The highest BCUT2D eigenvalue weighted by molar-refractivity contribution is 6.34. The fourth-order valence-corrected chi connectivity index (χ4v) is 7.48. The Morgan fingerprint density at radius 1 is 0.667 bits per heavy atom. The monoisotopic (exact) mass is 475 g/mol. The molecule has 6 rings (SSSR count). The van der Waals surface area contributed by atoms with E-state index in [2.05, 4.69) is 0 Å². The fraction of sp³-hybridized carbons (Fsp3) is 0.281. The van der Waals surface area contributed by atoms with Crippen LogP contribution in [0.4, 0.5) is 5.69 Å². The van der Waals surface area contributed by atoms with E-state index in [1.807, 2.05) is 106 Å². The molecule has 4 heteroatoms. The Morgan fingerprint density at radius 2 is 1.14 bits per heavy atom. The molecular formula is C32H29NO3. The van der Waals surface area contributed by atoms with E-state index < -0.39 is 22.7 Å². The van der Waals surface area contributed by atoms with E-state index in [1.54, 1.807) is 0 Å². The quantitative estimate of drug-likeness (QED) is 0.419. The average molecular weight is 476 g/mol. The van der Waals surface area contributed by atoms with Crippen molar-refractivity contribution < 1.29 is 14.4 Å². The first-order valence-electron chi connectivity index (χ1n) is 12.8. The molecule has 2 bridgehead atoms. The molecule has 180 valence electrons. The first-order chi connectivity index (χ1) is 17.4. The van der Waals surface area contributed by atoms with Gasteiger partial charge in [-0.2, -0.15) is 0 Å². The fourth-order valence-electron chi connectivity index (χ4n) is 7.48. The summed E-state index contributed by atoms with van der Waals surface area (Å²) >= 11 is 0. The van der Waals surface area contributed by atoms with Gasteiger partial charge in [-0.1, -0.05) is 86.6 Å². The van der Waals surface area contributed by atoms with Crippen molar-refractivity contribution in [3.05, 3.63) is 102 Å². The highest BCUT2D eigenvalue weighted by atomic mass is 16.2. The van der Waals surface area contributed by atoms with Crippen LogP contribution in [0.15, 0.2) is 84.9 Å². The molecule has 1 saturated heterocycles. The number of imide groups is 1. The number of nitrogens with zero attached hydrogens (tertiary/aromatic N) is 1. The second kappa shape index (κ2) is 7.86. The van der Waals surface area contributed by atoms with Crippen LogP contribution in [0.2, 0.25) is 0 Å². The minimum absolute atomic E-state index is 0.0401. The number of allylic oxidation sites excluding steroid dienone is 2. The van der Waals surface area contributed by atoms with Gasteiger partial charge in [-0.25, -0.2) is 4.90 Å². The molecule has 1 saturated carbocycles. The number of rotatable bonds is 5. The summed E-state index contributed by atoms with van der Waals surface area (Å²) in [6.45, 7) is 5.93. The van der Waals surface area contributed by atoms with Gasteiger partial charge in [0.15, 0.2) is 5.78 Å². The van der Waals surface area contributed by atoms with Gasteiger partial charge >= 0.3 is 0 Å². The summed E-state index contributed by atoms with van der Waals surface area (Å²) in [6.07, 6.45) is 0.936. The van der Waals surface area contributed by atoms with Crippen molar-refractivity contribution in [1.82, 2.24) is 0 Å². The summed E-state index contributed by atoms with van der Waals surface area (Å²) < 4.78 is 0. The number of ketones is 1. The van der Waals surface area contributed by atoms with Crippen molar-refractivity contribution in [1.29, 1.82) is 0 Å². The van der Waals surface area contributed by atoms with Gasteiger partial charge in [0.25, 0.3) is 0 Å². The second-order valence-electron chi connectivity index (χ2n) is 10.3. The van der Waals surface area contributed by atoms with E-state index in [4.69, 9.17) is 0 Å². The average Bonchev–Trinajstić information content (AvgIpc) is 3.40. The molecule has 4 atom stereocenters. The van der Waals surface area contributed by atoms with Crippen LogP contribution in [0, 0.1) is 29.6 Å². The molecule has 3 aromatic carbocycles. The van der Waals surface area contributed by atoms with Crippen LogP contribution < -0.4 is 4.90 Å². The zero-order valence-electron chi connectivity index (χ0n) is 20.8. The predicted octanol–water partition coefficient (Wildman–Crippen LogP) is 6.10. The van der Waals surface area contributed by atoms with Crippen molar-refractivity contribution in [2.24, 2.45) is 22.7 Å². The van der Waals surface area contributed by atoms with Crippen LogP contribution in [-0.2, 0) is 14.4 Å². The summed E-state index contributed by atoms with van der Waals surface area (Å²) in [6, 6.07) is 27.4. The minimum atomic E-state index is -1.04. The molecule has 3 aliphatic rings. The number of benzene rings is 3. The van der Waals surface area contributed by atoms with E-state index in [9.17, 15) is 14.4 Å². The van der Waals surface area contributed by atoms with Gasteiger partial charge in [0.1, 0.15) is 0 Å². The number of anilines is 1. The number of Topliss-reactive ketones (excluding diaryl/α,β-unsaturated/α-hetero) is 1. The van der Waals surface area contributed by atoms with Crippen LogP contribution in [0.1, 0.15) is 43.4 Å². The molecular weight excluding hydrogens is 446 g/mol. The van der Waals surface area contributed by atoms with E-state index >= 15 is 0 Å². The minimum Gasteiger partial charge on any atom is -0.298 e. The lowest BCUT2D eigenvalue weighted by atomic mass is 9.60. The highest BCUT2D eigenvalue weighted by Gasteiger charge is 2.80. The molecule has 3 aromatic rings. The van der Waals surface area contributed by atoms with Crippen LogP contribution in [-0.4, -0.2) is 17.6 Å². The third-order valence-electron chi connectivity index (χ3n) is 8.82.